The van der Waals surface area contributed by atoms with Gasteiger partial charge in [-0.1, -0.05) is 18.6 Å². The maximum absolute atomic E-state index is 12.5. The van der Waals surface area contributed by atoms with Gasteiger partial charge in [-0.05, 0) is 69.8 Å². The van der Waals surface area contributed by atoms with Crippen molar-refractivity contribution in [2.24, 2.45) is 4.99 Å². The number of likely N-dealkylation sites (tertiary alicyclic amines) is 2. The number of hydrogen-bond donors (Lipinski definition) is 2. The lowest BCUT2D eigenvalue weighted by molar-refractivity contribution is -0.130. The van der Waals surface area contributed by atoms with E-state index in [0.29, 0.717) is 5.96 Å². The van der Waals surface area contributed by atoms with Crippen molar-refractivity contribution in [3.05, 3.63) is 29.8 Å². The number of rotatable bonds is 8. The number of nitrogens with zero attached hydrogens (tertiary/aromatic N) is 3. The first-order valence-corrected chi connectivity index (χ1v) is 11.9. The fourth-order valence-electron chi connectivity index (χ4n) is 4.44. The fourth-order valence-corrected chi connectivity index (χ4v) is 4.44. The number of halogens is 1. The van der Waals surface area contributed by atoms with E-state index >= 15 is 0 Å². The largest absolute Gasteiger partial charge is 0.497 e. The predicted octanol–water partition coefficient (Wildman–Crippen LogP) is 3.41. The van der Waals surface area contributed by atoms with Crippen molar-refractivity contribution in [1.82, 2.24) is 20.4 Å². The lowest BCUT2D eigenvalue weighted by Crippen LogP contribution is -2.45. The molecule has 0 aliphatic carbocycles. The molecular weight excluding hydrogens is 517 g/mol. The number of hydrogen-bond acceptors (Lipinski definition) is 4. The van der Waals surface area contributed by atoms with Crippen LogP contribution in [0.1, 0.15) is 57.1 Å². The number of piperidine rings is 2. The van der Waals surface area contributed by atoms with E-state index in [-0.39, 0.29) is 42.5 Å². The van der Waals surface area contributed by atoms with Crippen LogP contribution >= 0.6 is 24.0 Å². The molecule has 2 aliphatic rings. The molecule has 180 valence electrons. The summed E-state index contributed by atoms with van der Waals surface area (Å²) in [7, 11) is 1.70. The van der Waals surface area contributed by atoms with Crippen molar-refractivity contribution in [2.75, 3.05) is 52.9 Å². The van der Waals surface area contributed by atoms with Crippen LogP contribution in [-0.2, 0) is 4.79 Å². The molecular formula is C24H40IN5O2. The Morgan fingerprint density at radius 1 is 1.00 bits per heavy atom. The Labute approximate surface area is 210 Å². The van der Waals surface area contributed by atoms with Gasteiger partial charge in [0.1, 0.15) is 12.3 Å². The van der Waals surface area contributed by atoms with Gasteiger partial charge in [0.15, 0.2) is 5.96 Å². The van der Waals surface area contributed by atoms with Gasteiger partial charge < -0.3 is 20.3 Å². The smallest absolute Gasteiger partial charge is 0.244 e. The summed E-state index contributed by atoms with van der Waals surface area (Å²) in [6.07, 6.45) is 7.22. The molecule has 1 unspecified atom stereocenters. The van der Waals surface area contributed by atoms with Gasteiger partial charge >= 0.3 is 0 Å². The van der Waals surface area contributed by atoms with E-state index in [2.05, 4.69) is 39.6 Å². The third-order valence-corrected chi connectivity index (χ3v) is 6.22. The molecule has 2 N–H and O–H groups in total. The molecule has 0 spiro atoms. The average molecular weight is 558 g/mol. The molecule has 2 saturated heterocycles. The zero-order chi connectivity index (χ0) is 21.9. The minimum atomic E-state index is 0. The maximum Gasteiger partial charge on any atom is 0.244 e. The molecule has 1 atom stereocenters. The number of nitrogens with one attached hydrogen (secondary N) is 2. The van der Waals surface area contributed by atoms with E-state index in [1.165, 1.54) is 31.2 Å². The number of carbonyl (C=O) groups is 1. The first-order chi connectivity index (χ1) is 15.2. The quantitative estimate of drug-likeness (QED) is 0.292. The number of guanidine groups is 1. The van der Waals surface area contributed by atoms with Gasteiger partial charge in [-0.2, -0.15) is 0 Å². The van der Waals surface area contributed by atoms with Gasteiger partial charge in [0.25, 0.3) is 0 Å². The van der Waals surface area contributed by atoms with Gasteiger partial charge in [0.2, 0.25) is 5.91 Å². The summed E-state index contributed by atoms with van der Waals surface area (Å²) in [5.74, 6) is 1.71. The van der Waals surface area contributed by atoms with Crippen molar-refractivity contribution >= 4 is 35.8 Å². The number of amides is 1. The van der Waals surface area contributed by atoms with E-state index in [0.717, 1.165) is 57.9 Å². The maximum atomic E-state index is 12.5. The third-order valence-electron chi connectivity index (χ3n) is 6.22. The Morgan fingerprint density at radius 3 is 2.22 bits per heavy atom. The standard InChI is InChI=1S/C24H39N5O2.HI/c1-3-25-24(27-19-23(30)29-16-8-5-9-17-29)26-18-22(28-14-6-4-7-15-28)20-10-12-21(31-2)13-11-20;/h10-13,22H,3-9,14-19H2,1-2H3,(H2,25,26,27);1H. The number of methoxy groups -OCH3 is 1. The molecule has 0 aromatic heterocycles. The van der Waals surface area contributed by atoms with Gasteiger partial charge in [0, 0.05) is 26.2 Å². The second kappa shape index (κ2) is 14.6. The predicted molar refractivity (Wildman–Crippen MR) is 141 cm³/mol. The number of benzene rings is 1. The van der Waals surface area contributed by atoms with Gasteiger partial charge in [0.05, 0.1) is 13.2 Å². The summed E-state index contributed by atoms with van der Waals surface area (Å²) < 4.78 is 5.33. The molecule has 0 saturated carbocycles. The minimum Gasteiger partial charge on any atom is -0.497 e. The molecule has 3 rings (SSSR count). The van der Waals surface area contributed by atoms with Crippen molar-refractivity contribution in [1.29, 1.82) is 0 Å². The van der Waals surface area contributed by atoms with E-state index < -0.39 is 0 Å². The van der Waals surface area contributed by atoms with Crippen LogP contribution in [0.3, 0.4) is 0 Å². The summed E-state index contributed by atoms with van der Waals surface area (Å²) in [5, 5.41) is 6.80. The van der Waals surface area contributed by atoms with Crippen molar-refractivity contribution in [2.45, 2.75) is 51.5 Å². The van der Waals surface area contributed by atoms with Crippen LogP contribution in [0, 0.1) is 0 Å². The van der Waals surface area contributed by atoms with Gasteiger partial charge in [-0.25, -0.2) is 4.99 Å². The molecule has 8 heteroatoms. The van der Waals surface area contributed by atoms with E-state index in [1.54, 1.807) is 7.11 Å². The van der Waals surface area contributed by atoms with E-state index in [9.17, 15) is 4.79 Å². The molecule has 2 heterocycles. The van der Waals surface area contributed by atoms with Crippen LogP contribution in [0.5, 0.6) is 5.75 Å². The lowest BCUT2D eigenvalue weighted by Gasteiger charge is -2.35. The van der Waals surface area contributed by atoms with E-state index in [1.807, 2.05) is 17.0 Å². The van der Waals surface area contributed by atoms with Gasteiger partial charge in [-0.15, -0.1) is 24.0 Å². The van der Waals surface area contributed by atoms with Crippen LogP contribution in [0.2, 0.25) is 0 Å². The molecule has 0 radical (unpaired) electrons. The second-order valence-electron chi connectivity index (χ2n) is 8.40. The Balaban J connectivity index is 0.00000363. The first-order valence-electron chi connectivity index (χ1n) is 11.9. The Bertz CT molecular complexity index is 701. The number of carbonyl (C=O) groups excluding carboxylic acids is 1. The average Bonchev–Trinajstić information content (AvgIpc) is 2.84. The molecule has 32 heavy (non-hydrogen) atoms. The highest BCUT2D eigenvalue weighted by Crippen LogP contribution is 2.25. The lowest BCUT2D eigenvalue weighted by atomic mass is 10.0. The molecule has 2 aliphatic heterocycles. The summed E-state index contributed by atoms with van der Waals surface area (Å²) in [6, 6.07) is 8.63. The molecule has 7 nitrogen and oxygen atoms in total. The molecule has 1 aromatic carbocycles. The van der Waals surface area contributed by atoms with Gasteiger partial charge in [-0.3, -0.25) is 9.69 Å². The van der Waals surface area contributed by atoms with Crippen LogP contribution < -0.4 is 15.4 Å². The molecule has 1 aromatic rings. The van der Waals surface area contributed by atoms with Crippen molar-refractivity contribution in [3.8, 4) is 5.75 Å². The first kappa shape index (κ1) is 26.7. The van der Waals surface area contributed by atoms with E-state index in [4.69, 9.17) is 4.74 Å². The van der Waals surface area contributed by atoms with Crippen LogP contribution in [0.4, 0.5) is 0 Å². The molecule has 1 amide bonds. The second-order valence-corrected chi connectivity index (χ2v) is 8.40. The molecule has 2 fully saturated rings. The summed E-state index contributed by atoms with van der Waals surface area (Å²) >= 11 is 0. The van der Waals surface area contributed by atoms with Crippen LogP contribution in [-0.4, -0.2) is 74.6 Å². The Kier molecular flexibility index (Phi) is 12.2. The highest BCUT2D eigenvalue weighted by Gasteiger charge is 2.23. The zero-order valence-corrected chi connectivity index (χ0v) is 22.0. The normalized spacial score (nSPS) is 18.4. The Hall–Kier alpha value is -1.55. The highest BCUT2D eigenvalue weighted by molar-refractivity contribution is 14.0. The van der Waals surface area contributed by atoms with Crippen molar-refractivity contribution < 1.29 is 9.53 Å². The van der Waals surface area contributed by atoms with Crippen LogP contribution in [0.25, 0.3) is 0 Å². The minimum absolute atomic E-state index is 0. The molecule has 0 bridgehead atoms. The zero-order valence-electron chi connectivity index (χ0n) is 19.6. The number of ether oxygens (including phenoxy) is 1. The summed E-state index contributed by atoms with van der Waals surface area (Å²) in [6.45, 7) is 7.72. The fraction of sp³-hybridized carbons (Fsp3) is 0.667. The van der Waals surface area contributed by atoms with Crippen molar-refractivity contribution in [3.63, 3.8) is 0 Å². The third kappa shape index (κ3) is 8.10. The highest BCUT2D eigenvalue weighted by atomic mass is 127. The number of aliphatic imine (C=N–C) groups is 1. The Morgan fingerprint density at radius 2 is 1.62 bits per heavy atom. The topological polar surface area (TPSA) is 69.2 Å². The SMILES string of the molecule is CCNC(=NCC(=O)N1CCCCC1)NCC(c1ccc(OC)cc1)N1CCCCC1.I. The van der Waals surface area contributed by atoms with Crippen LogP contribution in [0.15, 0.2) is 29.3 Å². The monoisotopic (exact) mass is 557 g/mol. The summed E-state index contributed by atoms with van der Waals surface area (Å²) in [5.41, 5.74) is 1.27. The summed E-state index contributed by atoms with van der Waals surface area (Å²) in [4.78, 5) is 21.6.